The van der Waals surface area contributed by atoms with E-state index in [1.54, 1.807) is 0 Å². The molecule has 0 bridgehead atoms. The van der Waals surface area contributed by atoms with Crippen molar-refractivity contribution in [3.05, 3.63) is 29.8 Å². The van der Waals surface area contributed by atoms with Crippen LogP contribution in [0.15, 0.2) is 24.3 Å². The molecule has 0 atom stereocenters. The van der Waals surface area contributed by atoms with Gasteiger partial charge >= 0.3 is 5.97 Å². The summed E-state index contributed by atoms with van der Waals surface area (Å²) < 4.78 is 4.69. The summed E-state index contributed by atoms with van der Waals surface area (Å²) in [5, 5.41) is 3.47. The van der Waals surface area contributed by atoms with Crippen molar-refractivity contribution in [2.75, 3.05) is 19.0 Å². The molecule has 1 fully saturated rings. The first kappa shape index (κ1) is 14.9. The van der Waals surface area contributed by atoms with Crippen LogP contribution in [0.25, 0.3) is 0 Å². The predicted molar refractivity (Wildman–Crippen MR) is 80.6 cm³/mol. The van der Waals surface area contributed by atoms with Gasteiger partial charge in [-0.2, -0.15) is 0 Å². The van der Waals surface area contributed by atoms with Crippen LogP contribution in [-0.2, 0) is 16.0 Å². The topological polar surface area (TPSA) is 64.3 Å². The van der Waals surface area contributed by atoms with Gasteiger partial charge in [-0.25, -0.2) is 0 Å². The second kappa shape index (κ2) is 7.29. The number of nitrogens with two attached hydrogens (primary N) is 1. The molecule has 0 spiro atoms. The van der Waals surface area contributed by atoms with E-state index in [0.29, 0.717) is 18.4 Å². The van der Waals surface area contributed by atoms with Crippen LogP contribution in [0.3, 0.4) is 0 Å². The van der Waals surface area contributed by atoms with E-state index in [1.165, 1.54) is 20.0 Å². The van der Waals surface area contributed by atoms with Crippen molar-refractivity contribution in [3.8, 4) is 0 Å². The van der Waals surface area contributed by atoms with Gasteiger partial charge in [-0.3, -0.25) is 4.79 Å². The lowest BCUT2D eigenvalue weighted by Crippen LogP contribution is -2.29. The Bertz CT molecular complexity index is 440. The van der Waals surface area contributed by atoms with Crippen molar-refractivity contribution in [1.29, 1.82) is 0 Å². The van der Waals surface area contributed by atoms with Crippen LogP contribution in [0, 0.1) is 5.92 Å². The maximum Gasteiger partial charge on any atom is 0.309 e. The SMILES string of the molecule is COC(=O)Cc1cccc(NC[C@H]2CC[C@H](N)CC2)c1. The normalized spacial score (nSPS) is 22.3. The highest BCUT2D eigenvalue weighted by molar-refractivity contribution is 5.72. The Morgan fingerprint density at radius 1 is 1.35 bits per heavy atom. The average Bonchev–Trinajstić information content (AvgIpc) is 2.47. The number of rotatable bonds is 5. The Kier molecular flexibility index (Phi) is 5.41. The highest BCUT2D eigenvalue weighted by atomic mass is 16.5. The van der Waals surface area contributed by atoms with E-state index in [2.05, 4.69) is 10.1 Å². The lowest BCUT2D eigenvalue weighted by atomic mass is 9.86. The number of esters is 1. The lowest BCUT2D eigenvalue weighted by molar-refractivity contribution is -0.139. The summed E-state index contributed by atoms with van der Waals surface area (Å²) in [6.07, 6.45) is 5.00. The quantitative estimate of drug-likeness (QED) is 0.810. The third-order valence-electron chi connectivity index (χ3n) is 3.99. The Morgan fingerprint density at radius 2 is 2.10 bits per heavy atom. The number of anilines is 1. The predicted octanol–water partition coefficient (Wildman–Crippen LogP) is 2.33. The minimum atomic E-state index is -0.205. The van der Waals surface area contributed by atoms with Gasteiger partial charge < -0.3 is 15.8 Å². The van der Waals surface area contributed by atoms with Gasteiger partial charge in [0.1, 0.15) is 0 Å². The number of hydrogen-bond donors (Lipinski definition) is 2. The molecule has 4 heteroatoms. The molecule has 1 aliphatic rings. The van der Waals surface area contributed by atoms with E-state index >= 15 is 0 Å². The molecule has 3 N–H and O–H groups in total. The van der Waals surface area contributed by atoms with Crippen LogP contribution in [0.1, 0.15) is 31.2 Å². The van der Waals surface area contributed by atoms with Crippen LogP contribution in [0.4, 0.5) is 5.69 Å². The van der Waals surface area contributed by atoms with Crippen molar-refractivity contribution in [1.82, 2.24) is 0 Å². The largest absolute Gasteiger partial charge is 0.469 e. The van der Waals surface area contributed by atoms with Crippen molar-refractivity contribution < 1.29 is 9.53 Å². The first-order chi connectivity index (χ1) is 9.67. The molecule has 1 saturated carbocycles. The van der Waals surface area contributed by atoms with Crippen LogP contribution < -0.4 is 11.1 Å². The molecule has 0 radical (unpaired) electrons. The van der Waals surface area contributed by atoms with E-state index < -0.39 is 0 Å². The van der Waals surface area contributed by atoms with Gasteiger partial charge in [-0.15, -0.1) is 0 Å². The number of nitrogens with one attached hydrogen (secondary N) is 1. The Balaban J connectivity index is 1.83. The maximum absolute atomic E-state index is 11.3. The van der Waals surface area contributed by atoms with Crippen molar-refractivity contribution in [3.63, 3.8) is 0 Å². The zero-order valence-electron chi connectivity index (χ0n) is 12.1. The first-order valence-corrected chi connectivity index (χ1v) is 7.32. The third-order valence-corrected chi connectivity index (χ3v) is 3.99. The zero-order chi connectivity index (χ0) is 14.4. The summed E-state index contributed by atoms with van der Waals surface area (Å²) in [4.78, 5) is 11.3. The van der Waals surface area contributed by atoms with Crippen LogP contribution in [0.2, 0.25) is 0 Å². The summed E-state index contributed by atoms with van der Waals surface area (Å²) in [7, 11) is 1.41. The minimum absolute atomic E-state index is 0.205. The fourth-order valence-electron chi connectivity index (χ4n) is 2.68. The fourth-order valence-corrected chi connectivity index (χ4v) is 2.68. The monoisotopic (exact) mass is 276 g/mol. The molecule has 4 nitrogen and oxygen atoms in total. The molecule has 2 rings (SSSR count). The standard InChI is InChI=1S/C16H24N2O2/c1-20-16(19)10-13-3-2-4-15(9-13)18-11-12-5-7-14(17)8-6-12/h2-4,9,12,14,18H,5-8,10-11,17H2,1H3/t12-,14-. The summed E-state index contributed by atoms with van der Waals surface area (Å²) in [6.45, 7) is 0.981. The molecule has 0 heterocycles. The van der Waals surface area contributed by atoms with Crippen molar-refractivity contribution in [2.24, 2.45) is 11.7 Å². The van der Waals surface area contributed by atoms with E-state index in [4.69, 9.17) is 5.73 Å². The molecular formula is C16H24N2O2. The van der Waals surface area contributed by atoms with Crippen molar-refractivity contribution in [2.45, 2.75) is 38.1 Å². The molecule has 20 heavy (non-hydrogen) atoms. The number of hydrogen-bond acceptors (Lipinski definition) is 4. The number of methoxy groups -OCH3 is 1. The lowest BCUT2D eigenvalue weighted by Gasteiger charge is -2.26. The molecule has 0 aromatic heterocycles. The van der Waals surface area contributed by atoms with Gasteiger partial charge in [-0.1, -0.05) is 12.1 Å². The number of benzene rings is 1. The summed E-state index contributed by atoms with van der Waals surface area (Å²) in [5.41, 5.74) is 7.97. The van der Waals surface area contributed by atoms with Crippen LogP contribution in [-0.4, -0.2) is 25.7 Å². The maximum atomic E-state index is 11.3. The van der Waals surface area contributed by atoms with Gasteiger partial charge in [0.15, 0.2) is 0 Å². The van der Waals surface area contributed by atoms with Crippen LogP contribution >= 0.6 is 0 Å². The average molecular weight is 276 g/mol. The second-order valence-electron chi connectivity index (χ2n) is 5.61. The molecule has 0 aliphatic heterocycles. The number of ether oxygens (including phenoxy) is 1. The van der Waals surface area contributed by atoms with Crippen LogP contribution in [0.5, 0.6) is 0 Å². The Labute approximate surface area is 120 Å². The fraction of sp³-hybridized carbons (Fsp3) is 0.562. The van der Waals surface area contributed by atoms with Gasteiger partial charge in [0.25, 0.3) is 0 Å². The second-order valence-corrected chi connectivity index (χ2v) is 5.61. The van der Waals surface area contributed by atoms with E-state index in [-0.39, 0.29) is 5.97 Å². The first-order valence-electron chi connectivity index (χ1n) is 7.32. The van der Waals surface area contributed by atoms with Gasteiger partial charge in [0.2, 0.25) is 0 Å². The summed E-state index contributed by atoms with van der Waals surface area (Å²) in [6, 6.07) is 8.37. The Morgan fingerprint density at radius 3 is 2.80 bits per heavy atom. The smallest absolute Gasteiger partial charge is 0.309 e. The van der Waals surface area contributed by atoms with Gasteiger partial charge in [0, 0.05) is 18.3 Å². The highest BCUT2D eigenvalue weighted by Crippen LogP contribution is 2.23. The zero-order valence-corrected chi connectivity index (χ0v) is 12.1. The molecule has 0 unspecified atom stereocenters. The van der Waals surface area contributed by atoms with Gasteiger partial charge in [-0.05, 0) is 49.3 Å². The molecule has 0 saturated heterocycles. The van der Waals surface area contributed by atoms with Gasteiger partial charge in [0.05, 0.1) is 13.5 Å². The van der Waals surface area contributed by atoms with Crippen molar-refractivity contribution >= 4 is 11.7 Å². The molecule has 1 aromatic rings. The molecular weight excluding hydrogens is 252 g/mol. The van der Waals surface area contributed by atoms with E-state index in [9.17, 15) is 4.79 Å². The van der Waals surface area contributed by atoms with E-state index in [1.807, 2.05) is 24.3 Å². The Hall–Kier alpha value is -1.55. The van der Waals surface area contributed by atoms with E-state index in [0.717, 1.165) is 30.6 Å². The summed E-state index contributed by atoms with van der Waals surface area (Å²) >= 11 is 0. The number of carbonyl (C=O) groups is 1. The molecule has 1 aliphatic carbocycles. The molecule has 110 valence electrons. The summed E-state index contributed by atoms with van der Waals surface area (Å²) in [5.74, 6) is 0.502. The molecule has 1 aromatic carbocycles. The molecule has 0 amide bonds. The minimum Gasteiger partial charge on any atom is -0.469 e. The highest BCUT2D eigenvalue weighted by Gasteiger charge is 2.18. The third kappa shape index (κ3) is 4.53. The number of carbonyl (C=O) groups excluding carboxylic acids is 1.